The number of nitrogens with one attached hydrogen (secondary N) is 1. The molecule has 8 heteroatoms. The van der Waals surface area contributed by atoms with Gasteiger partial charge in [-0.2, -0.15) is 0 Å². The van der Waals surface area contributed by atoms with Crippen LogP contribution in [-0.2, 0) is 9.53 Å². The van der Waals surface area contributed by atoms with Crippen LogP contribution in [0.2, 0.25) is 0 Å². The monoisotopic (exact) mass is 359 g/mol. The fourth-order valence-corrected chi connectivity index (χ4v) is 2.27. The number of nitrogens with zero attached hydrogens (tertiary/aromatic N) is 2. The zero-order valence-corrected chi connectivity index (χ0v) is 14.7. The number of ether oxygens (including phenoxy) is 2. The van der Waals surface area contributed by atoms with Gasteiger partial charge in [-0.1, -0.05) is 18.2 Å². The molecule has 0 saturated carbocycles. The normalized spacial score (nSPS) is 10.2. The van der Waals surface area contributed by atoms with E-state index >= 15 is 0 Å². The number of esters is 1. The lowest BCUT2D eigenvalue weighted by Crippen LogP contribution is -2.17. The van der Waals surface area contributed by atoms with Crippen LogP contribution in [0.4, 0.5) is 11.5 Å². The highest BCUT2D eigenvalue weighted by atomic mass is 16.6. The van der Waals surface area contributed by atoms with Crippen LogP contribution >= 0.6 is 0 Å². The summed E-state index contributed by atoms with van der Waals surface area (Å²) in [5.74, 6) is 0.803. The van der Waals surface area contributed by atoms with Gasteiger partial charge < -0.3 is 14.8 Å². The van der Waals surface area contributed by atoms with Crippen LogP contribution in [0.15, 0.2) is 36.5 Å². The minimum absolute atomic E-state index is 0.0617. The number of hydrogen-bond acceptors (Lipinski definition) is 7. The van der Waals surface area contributed by atoms with Gasteiger partial charge in [0, 0.05) is 12.6 Å². The SMILES string of the molecule is Cc1cccc(C)c1OCC(=O)OCCCNc1ccc([N+](=O)[O-])cn1. The molecule has 1 heterocycles. The first kappa shape index (κ1) is 19.2. The summed E-state index contributed by atoms with van der Waals surface area (Å²) >= 11 is 0. The minimum atomic E-state index is -0.503. The summed E-state index contributed by atoms with van der Waals surface area (Å²) in [7, 11) is 0. The second-order valence-corrected chi connectivity index (χ2v) is 5.67. The molecule has 0 radical (unpaired) electrons. The van der Waals surface area contributed by atoms with Gasteiger partial charge in [-0.3, -0.25) is 10.1 Å². The number of carbonyl (C=O) groups is 1. The largest absolute Gasteiger partial charge is 0.481 e. The zero-order valence-electron chi connectivity index (χ0n) is 14.7. The average molecular weight is 359 g/mol. The van der Waals surface area contributed by atoms with Crippen molar-refractivity contribution in [3.8, 4) is 5.75 Å². The number of carbonyl (C=O) groups excluding carboxylic acids is 1. The summed E-state index contributed by atoms with van der Waals surface area (Å²) in [4.78, 5) is 25.7. The molecular weight excluding hydrogens is 338 g/mol. The Labute approximate surface area is 151 Å². The molecule has 1 aromatic carbocycles. The van der Waals surface area contributed by atoms with Crippen molar-refractivity contribution in [2.24, 2.45) is 0 Å². The zero-order chi connectivity index (χ0) is 18.9. The van der Waals surface area contributed by atoms with Crippen LogP contribution in [0.25, 0.3) is 0 Å². The third kappa shape index (κ3) is 5.73. The summed E-state index contributed by atoms with van der Waals surface area (Å²) in [5.41, 5.74) is 1.88. The molecule has 0 bridgehead atoms. The van der Waals surface area contributed by atoms with E-state index in [1.54, 1.807) is 0 Å². The highest BCUT2D eigenvalue weighted by Gasteiger charge is 2.08. The predicted molar refractivity (Wildman–Crippen MR) is 96.4 cm³/mol. The van der Waals surface area contributed by atoms with Crippen LogP contribution in [-0.4, -0.2) is 35.6 Å². The number of para-hydroxylation sites is 1. The van der Waals surface area contributed by atoms with Crippen molar-refractivity contribution in [1.29, 1.82) is 0 Å². The number of pyridine rings is 1. The van der Waals surface area contributed by atoms with Crippen LogP contribution in [0.5, 0.6) is 5.75 Å². The average Bonchev–Trinajstić information content (AvgIpc) is 2.61. The fourth-order valence-electron chi connectivity index (χ4n) is 2.27. The Balaban J connectivity index is 1.63. The van der Waals surface area contributed by atoms with Crippen LogP contribution in [0, 0.1) is 24.0 Å². The van der Waals surface area contributed by atoms with E-state index in [0.717, 1.165) is 11.1 Å². The van der Waals surface area contributed by atoms with E-state index in [1.807, 2.05) is 32.0 Å². The van der Waals surface area contributed by atoms with Crippen molar-refractivity contribution < 1.29 is 19.2 Å². The second-order valence-electron chi connectivity index (χ2n) is 5.67. The third-order valence-electron chi connectivity index (χ3n) is 3.59. The van der Waals surface area contributed by atoms with E-state index in [1.165, 1.54) is 18.3 Å². The van der Waals surface area contributed by atoms with Crippen molar-refractivity contribution in [3.05, 3.63) is 57.8 Å². The van der Waals surface area contributed by atoms with Crippen LogP contribution < -0.4 is 10.1 Å². The molecule has 1 N–H and O–H groups in total. The Morgan fingerprint density at radius 1 is 1.23 bits per heavy atom. The first-order valence-corrected chi connectivity index (χ1v) is 8.16. The van der Waals surface area contributed by atoms with Crippen molar-refractivity contribution in [2.75, 3.05) is 25.1 Å². The summed E-state index contributed by atoms with van der Waals surface area (Å²) in [6.45, 7) is 4.48. The van der Waals surface area contributed by atoms with Gasteiger partial charge in [0.1, 0.15) is 17.8 Å². The lowest BCUT2D eigenvalue weighted by molar-refractivity contribution is -0.385. The summed E-state index contributed by atoms with van der Waals surface area (Å²) in [6.07, 6.45) is 1.76. The first-order valence-electron chi connectivity index (χ1n) is 8.16. The molecule has 8 nitrogen and oxygen atoms in total. The van der Waals surface area contributed by atoms with Crippen molar-refractivity contribution in [3.63, 3.8) is 0 Å². The Hall–Kier alpha value is -3.16. The van der Waals surface area contributed by atoms with E-state index in [9.17, 15) is 14.9 Å². The third-order valence-corrected chi connectivity index (χ3v) is 3.59. The van der Waals surface area contributed by atoms with Crippen molar-refractivity contribution in [1.82, 2.24) is 4.98 Å². The standard InChI is InChI=1S/C18H21N3O5/c1-13-5-3-6-14(2)18(13)26-12-17(22)25-10-4-9-19-16-8-7-15(11-20-16)21(23)24/h3,5-8,11H,4,9-10,12H2,1-2H3,(H,19,20). The molecule has 0 atom stereocenters. The van der Waals surface area contributed by atoms with Gasteiger partial charge in [-0.15, -0.1) is 0 Å². The fraction of sp³-hybridized carbons (Fsp3) is 0.333. The highest BCUT2D eigenvalue weighted by molar-refractivity contribution is 5.71. The number of aromatic nitrogens is 1. The molecule has 0 aliphatic carbocycles. The molecule has 138 valence electrons. The molecule has 0 saturated heterocycles. The Morgan fingerprint density at radius 2 is 1.96 bits per heavy atom. The predicted octanol–water partition coefficient (Wildman–Crippen LogP) is 3.03. The van der Waals surface area contributed by atoms with Gasteiger partial charge in [-0.25, -0.2) is 9.78 Å². The highest BCUT2D eigenvalue weighted by Crippen LogP contribution is 2.22. The quantitative estimate of drug-likeness (QED) is 0.318. The summed E-state index contributed by atoms with van der Waals surface area (Å²) < 4.78 is 10.6. The number of anilines is 1. The maximum Gasteiger partial charge on any atom is 0.344 e. The molecule has 0 amide bonds. The molecular formula is C18H21N3O5. The van der Waals surface area contributed by atoms with E-state index in [-0.39, 0.29) is 18.9 Å². The first-order chi connectivity index (χ1) is 12.5. The van der Waals surface area contributed by atoms with Crippen LogP contribution in [0.1, 0.15) is 17.5 Å². The van der Waals surface area contributed by atoms with Crippen molar-refractivity contribution >= 4 is 17.5 Å². The summed E-state index contributed by atoms with van der Waals surface area (Å²) in [5, 5.41) is 13.5. The van der Waals surface area contributed by atoms with Gasteiger partial charge in [0.2, 0.25) is 0 Å². The number of rotatable bonds is 9. The van der Waals surface area contributed by atoms with E-state index in [0.29, 0.717) is 24.5 Å². The molecule has 0 unspecified atom stereocenters. The lowest BCUT2D eigenvalue weighted by Gasteiger charge is -2.11. The molecule has 1 aromatic heterocycles. The second kappa shape index (κ2) is 9.36. The number of benzene rings is 1. The van der Waals surface area contributed by atoms with Gasteiger partial charge >= 0.3 is 5.97 Å². The maximum atomic E-state index is 11.7. The smallest absolute Gasteiger partial charge is 0.344 e. The Bertz CT molecular complexity index is 742. The van der Waals surface area contributed by atoms with E-state index < -0.39 is 10.9 Å². The number of hydrogen-bond donors (Lipinski definition) is 1. The molecule has 2 rings (SSSR count). The van der Waals surface area contributed by atoms with Gasteiger partial charge in [0.15, 0.2) is 6.61 Å². The Morgan fingerprint density at radius 3 is 2.58 bits per heavy atom. The van der Waals surface area contributed by atoms with Gasteiger partial charge in [-0.05, 0) is 37.5 Å². The van der Waals surface area contributed by atoms with Gasteiger partial charge in [0.05, 0.1) is 11.5 Å². The molecule has 0 fully saturated rings. The van der Waals surface area contributed by atoms with E-state index in [4.69, 9.17) is 9.47 Å². The molecule has 0 spiro atoms. The molecule has 2 aromatic rings. The van der Waals surface area contributed by atoms with Crippen molar-refractivity contribution in [2.45, 2.75) is 20.3 Å². The summed E-state index contributed by atoms with van der Waals surface area (Å²) in [6, 6.07) is 8.68. The maximum absolute atomic E-state index is 11.7. The Kier molecular flexibility index (Phi) is 6.90. The molecule has 0 aliphatic rings. The number of aryl methyl sites for hydroxylation is 2. The van der Waals surface area contributed by atoms with Crippen LogP contribution in [0.3, 0.4) is 0 Å². The molecule has 26 heavy (non-hydrogen) atoms. The minimum Gasteiger partial charge on any atom is -0.481 e. The van der Waals surface area contributed by atoms with Gasteiger partial charge in [0.25, 0.3) is 5.69 Å². The lowest BCUT2D eigenvalue weighted by atomic mass is 10.1. The number of nitro groups is 1. The molecule has 0 aliphatic heterocycles. The van der Waals surface area contributed by atoms with E-state index in [2.05, 4.69) is 10.3 Å². The topological polar surface area (TPSA) is 104 Å².